The molecule has 0 aliphatic rings. The van der Waals surface area contributed by atoms with Gasteiger partial charge in [0.1, 0.15) is 0 Å². The minimum absolute atomic E-state index is 0.296. The van der Waals surface area contributed by atoms with Crippen molar-refractivity contribution in [2.75, 3.05) is 6.61 Å². The molecule has 104 valence electrons. The van der Waals surface area contributed by atoms with Gasteiger partial charge in [-0.05, 0) is 30.5 Å². The summed E-state index contributed by atoms with van der Waals surface area (Å²) in [6.45, 7) is 2.18. The molecule has 1 heterocycles. The fourth-order valence-electron chi connectivity index (χ4n) is 2.33. The van der Waals surface area contributed by atoms with Crippen LogP contribution < -0.4 is 0 Å². The van der Waals surface area contributed by atoms with E-state index in [0.717, 1.165) is 22.0 Å². The zero-order valence-electron chi connectivity index (χ0n) is 11.7. The maximum atomic E-state index is 11.7. The first kappa shape index (κ1) is 13.3. The Morgan fingerprint density at radius 3 is 2.57 bits per heavy atom. The Labute approximate surface area is 123 Å². The van der Waals surface area contributed by atoms with E-state index in [0.29, 0.717) is 12.2 Å². The molecule has 0 spiro atoms. The molecule has 0 aliphatic heterocycles. The van der Waals surface area contributed by atoms with Crippen molar-refractivity contribution in [1.29, 1.82) is 0 Å². The third kappa shape index (κ3) is 2.63. The van der Waals surface area contributed by atoms with Gasteiger partial charge in [0.15, 0.2) is 0 Å². The lowest BCUT2D eigenvalue weighted by Crippen LogP contribution is -2.04. The third-order valence-corrected chi connectivity index (χ3v) is 3.34. The third-order valence-electron chi connectivity index (χ3n) is 3.34. The Morgan fingerprint density at radius 1 is 1.05 bits per heavy atom. The number of nitrogens with zero attached hydrogens (tertiary/aromatic N) is 1. The first-order valence-corrected chi connectivity index (χ1v) is 6.91. The van der Waals surface area contributed by atoms with Crippen LogP contribution in [0.2, 0.25) is 0 Å². The summed E-state index contributed by atoms with van der Waals surface area (Å²) in [6, 6.07) is 17.5. The van der Waals surface area contributed by atoms with Crippen molar-refractivity contribution in [1.82, 2.24) is 4.98 Å². The van der Waals surface area contributed by atoms with Crippen molar-refractivity contribution >= 4 is 16.7 Å². The van der Waals surface area contributed by atoms with Gasteiger partial charge in [0.2, 0.25) is 0 Å². The number of pyridine rings is 1. The molecule has 0 N–H and O–H groups in total. The van der Waals surface area contributed by atoms with Crippen molar-refractivity contribution in [3.63, 3.8) is 0 Å². The number of carbonyl (C=O) groups is 1. The second kappa shape index (κ2) is 5.75. The fraction of sp³-hybridized carbons (Fsp3) is 0.111. The van der Waals surface area contributed by atoms with E-state index in [9.17, 15) is 4.79 Å². The molecule has 3 aromatic rings. The van der Waals surface area contributed by atoms with Gasteiger partial charge in [0, 0.05) is 17.1 Å². The van der Waals surface area contributed by atoms with E-state index in [1.165, 1.54) is 0 Å². The van der Waals surface area contributed by atoms with E-state index >= 15 is 0 Å². The van der Waals surface area contributed by atoms with Crippen molar-refractivity contribution in [2.24, 2.45) is 0 Å². The summed E-state index contributed by atoms with van der Waals surface area (Å²) in [4.78, 5) is 16.1. The van der Waals surface area contributed by atoms with Gasteiger partial charge in [0.05, 0.1) is 17.9 Å². The number of hydrogen-bond donors (Lipinski definition) is 0. The fourth-order valence-corrected chi connectivity index (χ4v) is 2.33. The number of benzene rings is 2. The van der Waals surface area contributed by atoms with Crippen molar-refractivity contribution < 1.29 is 9.53 Å². The Morgan fingerprint density at radius 2 is 1.81 bits per heavy atom. The van der Waals surface area contributed by atoms with Gasteiger partial charge in [-0.3, -0.25) is 4.98 Å². The van der Waals surface area contributed by atoms with E-state index in [1.807, 2.05) is 30.3 Å². The van der Waals surface area contributed by atoms with Crippen molar-refractivity contribution in [2.45, 2.75) is 6.92 Å². The largest absolute Gasteiger partial charge is 0.462 e. The number of rotatable bonds is 3. The Bertz CT molecular complexity index is 773. The minimum atomic E-state index is -0.296. The summed E-state index contributed by atoms with van der Waals surface area (Å²) in [7, 11) is 0. The molecule has 0 atom stereocenters. The monoisotopic (exact) mass is 277 g/mol. The SMILES string of the molecule is CCOC(=O)c1ccc(-c2nccc3ccccc23)cc1. The van der Waals surface area contributed by atoms with E-state index in [2.05, 4.69) is 17.1 Å². The second-order valence-electron chi connectivity index (χ2n) is 4.68. The molecule has 0 saturated carbocycles. The van der Waals surface area contributed by atoms with E-state index in [4.69, 9.17) is 4.74 Å². The van der Waals surface area contributed by atoms with Gasteiger partial charge in [-0.2, -0.15) is 0 Å². The predicted molar refractivity (Wildman–Crippen MR) is 83.1 cm³/mol. The van der Waals surface area contributed by atoms with E-state index < -0.39 is 0 Å². The van der Waals surface area contributed by atoms with Crippen LogP contribution >= 0.6 is 0 Å². The highest BCUT2D eigenvalue weighted by Crippen LogP contribution is 2.26. The summed E-state index contributed by atoms with van der Waals surface area (Å²) in [6.07, 6.45) is 1.80. The normalized spacial score (nSPS) is 10.5. The molecule has 21 heavy (non-hydrogen) atoms. The lowest BCUT2D eigenvalue weighted by Gasteiger charge is -2.07. The first-order chi connectivity index (χ1) is 10.3. The van der Waals surface area contributed by atoms with Crippen molar-refractivity contribution in [3.8, 4) is 11.3 Å². The van der Waals surface area contributed by atoms with Gasteiger partial charge in [-0.15, -0.1) is 0 Å². The molecule has 0 fully saturated rings. The van der Waals surface area contributed by atoms with Gasteiger partial charge in [-0.25, -0.2) is 4.79 Å². The zero-order valence-corrected chi connectivity index (χ0v) is 11.7. The standard InChI is InChI=1S/C18H15NO2/c1-2-21-18(20)15-9-7-14(8-10-15)17-16-6-4-3-5-13(16)11-12-19-17/h3-12H,2H2,1H3. The highest BCUT2D eigenvalue weighted by molar-refractivity contribution is 5.95. The average molecular weight is 277 g/mol. The number of fused-ring (bicyclic) bond motifs is 1. The van der Waals surface area contributed by atoms with E-state index in [-0.39, 0.29) is 5.97 Å². The van der Waals surface area contributed by atoms with Gasteiger partial charge in [-0.1, -0.05) is 36.4 Å². The predicted octanol–water partition coefficient (Wildman–Crippen LogP) is 4.08. The van der Waals surface area contributed by atoms with Gasteiger partial charge in [0.25, 0.3) is 0 Å². The molecule has 3 nitrogen and oxygen atoms in total. The number of hydrogen-bond acceptors (Lipinski definition) is 3. The van der Waals surface area contributed by atoms with Crippen LogP contribution in [0.5, 0.6) is 0 Å². The summed E-state index contributed by atoms with van der Waals surface area (Å²) < 4.78 is 4.99. The summed E-state index contributed by atoms with van der Waals surface area (Å²) in [5.74, 6) is -0.296. The molecular formula is C18H15NO2. The maximum Gasteiger partial charge on any atom is 0.338 e. The highest BCUT2D eigenvalue weighted by atomic mass is 16.5. The smallest absolute Gasteiger partial charge is 0.338 e. The molecule has 3 rings (SSSR count). The number of aromatic nitrogens is 1. The average Bonchev–Trinajstić information content (AvgIpc) is 2.55. The minimum Gasteiger partial charge on any atom is -0.462 e. The van der Waals surface area contributed by atoms with Gasteiger partial charge >= 0.3 is 5.97 Å². The van der Waals surface area contributed by atoms with Crippen molar-refractivity contribution in [3.05, 3.63) is 66.4 Å². The molecule has 0 aliphatic carbocycles. The molecule has 0 radical (unpaired) electrons. The quantitative estimate of drug-likeness (QED) is 0.677. The van der Waals surface area contributed by atoms with Crippen LogP contribution in [0.15, 0.2) is 60.8 Å². The molecule has 1 aromatic heterocycles. The number of ether oxygens (including phenoxy) is 1. The topological polar surface area (TPSA) is 39.2 Å². The van der Waals surface area contributed by atoms with Crippen LogP contribution in [0.25, 0.3) is 22.0 Å². The molecule has 0 bridgehead atoms. The highest BCUT2D eigenvalue weighted by Gasteiger charge is 2.08. The first-order valence-electron chi connectivity index (χ1n) is 6.91. The number of esters is 1. The molecule has 0 amide bonds. The van der Waals surface area contributed by atoms with Crippen LogP contribution in [0, 0.1) is 0 Å². The van der Waals surface area contributed by atoms with Crippen LogP contribution in [0.3, 0.4) is 0 Å². The summed E-state index contributed by atoms with van der Waals surface area (Å²) in [5, 5.41) is 2.25. The van der Waals surface area contributed by atoms with Crippen LogP contribution in [0.1, 0.15) is 17.3 Å². The van der Waals surface area contributed by atoms with E-state index in [1.54, 1.807) is 25.3 Å². The molecule has 0 saturated heterocycles. The number of carbonyl (C=O) groups excluding carboxylic acids is 1. The Kier molecular flexibility index (Phi) is 3.65. The maximum absolute atomic E-state index is 11.7. The van der Waals surface area contributed by atoms with Crippen LogP contribution in [-0.4, -0.2) is 17.6 Å². The summed E-state index contributed by atoms with van der Waals surface area (Å²) in [5.41, 5.74) is 2.46. The lowest BCUT2D eigenvalue weighted by atomic mass is 10.0. The van der Waals surface area contributed by atoms with Crippen LogP contribution in [0.4, 0.5) is 0 Å². The Hall–Kier alpha value is -2.68. The molecule has 3 heteroatoms. The molecule has 2 aromatic carbocycles. The Balaban J connectivity index is 2.02. The summed E-state index contributed by atoms with van der Waals surface area (Å²) >= 11 is 0. The van der Waals surface area contributed by atoms with Crippen LogP contribution in [-0.2, 0) is 4.74 Å². The van der Waals surface area contributed by atoms with Gasteiger partial charge < -0.3 is 4.74 Å². The zero-order chi connectivity index (χ0) is 14.7. The molecule has 0 unspecified atom stereocenters. The molecular weight excluding hydrogens is 262 g/mol. The second-order valence-corrected chi connectivity index (χ2v) is 4.68. The lowest BCUT2D eigenvalue weighted by molar-refractivity contribution is 0.0526.